The number of hydrogen-bond acceptors (Lipinski definition) is 3. The largest absolute Gasteiger partial charge is 0.385 e. The first-order valence-electron chi connectivity index (χ1n) is 10.4. The highest BCUT2D eigenvalue weighted by molar-refractivity contribution is 5.95. The Bertz CT molecular complexity index is 818. The molecule has 2 aliphatic rings. The second-order valence-corrected chi connectivity index (χ2v) is 8.44. The smallest absolute Gasteiger partial charge is 0.254 e. The van der Waals surface area contributed by atoms with Gasteiger partial charge in [0.25, 0.3) is 5.91 Å². The summed E-state index contributed by atoms with van der Waals surface area (Å²) in [6.07, 6.45) is 4.78. The molecule has 0 bridgehead atoms. The van der Waals surface area contributed by atoms with Crippen molar-refractivity contribution >= 4 is 11.6 Å². The first-order valence-corrected chi connectivity index (χ1v) is 10.4. The van der Waals surface area contributed by atoms with Crippen LogP contribution in [0, 0.1) is 5.92 Å². The predicted molar refractivity (Wildman–Crippen MR) is 113 cm³/mol. The molecule has 0 radical (unpaired) electrons. The lowest BCUT2D eigenvalue weighted by Crippen LogP contribution is -2.58. The molecule has 4 rings (SSSR count). The van der Waals surface area contributed by atoms with Gasteiger partial charge in [-0.05, 0) is 49.1 Å². The highest BCUT2D eigenvalue weighted by atomic mass is 16.3. The molecule has 1 N–H and O–H groups in total. The summed E-state index contributed by atoms with van der Waals surface area (Å²) >= 11 is 0. The summed E-state index contributed by atoms with van der Waals surface area (Å²) in [7, 11) is 4.00. The lowest BCUT2D eigenvalue weighted by molar-refractivity contribution is -0.110. The number of benzene rings is 2. The van der Waals surface area contributed by atoms with Gasteiger partial charge in [0.15, 0.2) is 0 Å². The van der Waals surface area contributed by atoms with Crippen LogP contribution in [0.5, 0.6) is 0 Å². The van der Waals surface area contributed by atoms with E-state index in [2.05, 4.69) is 0 Å². The molecule has 2 aromatic rings. The second-order valence-electron chi connectivity index (χ2n) is 8.44. The standard InChI is InChI=1S/C24H30N2O2/c1-25(2)20-14-12-18(13-15-20)23(27)26-17-16-24(28,19-8-4-3-5-9-19)21-10-6-7-11-22(21)26/h3-5,8-9,12-15,21-22,28H,6-7,10-11,16-17H2,1-2H3/t21-,22?,24+/m0/s1. The summed E-state index contributed by atoms with van der Waals surface area (Å²) < 4.78 is 0. The van der Waals surface area contributed by atoms with Gasteiger partial charge in [0.2, 0.25) is 0 Å². The summed E-state index contributed by atoms with van der Waals surface area (Å²) in [5, 5.41) is 11.7. The van der Waals surface area contributed by atoms with E-state index in [1.165, 1.54) is 0 Å². The van der Waals surface area contributed by atoms with Crippen molar-refractivity contribution in [1.29, 1.82) is 0 Å². The number of anilines is 1. The first kappa shape index (κ1) is 19.0. The maximum absolute atomic E-state index is 13.3. The average molecular weight is 379 g/mol. The van der Waals surface area contributed by atoms with E-state index in [0.29, 0.717) is 13.0 Å². The number of nitrogens with zero attached hydrogens (tertiary/aromatic N) is 2. The lowest BCUT2D eigenvalue weighted by Gasteiger charge is -2.52. The summed E-state index contributed by atoms with van der Waals surface area (Å²) in [6, 6.07) is 18.0. The minimum Gasteiger partial charge on any atom is -0.385 e. The van der Waals surface area contributed by atoms with E-state index >= 15 is 0 Å². The molecule has 4 heteroatoms. The van der Waals surface area contributed by atoms with Crippen LogP contribution < -0.4 is 4.90 Å². The van der Waals surface area contributed by atoms with E-state index < -0.39 is 5.60 Å². The van der Waals surface area contributed by atoms with Crippen molar-refractivity contribution < 1.29 is 9.90 Å². The van der Waals surface area contributed by atoms with Gasteiger partial charge in [-0.25, -0.2) is 0 Å². The van der Waals surface area contributed by atoms with Gasteiger partial charge >= 0.3 is 0 Å². The van der Waals surface area contributed by atoms with Crippen molar-refractivity contribution in [3.8, 4) is 0 Å². The van der Waals surface area contributed by atoms with Crippen molar-refractivity contribution in [3.63, 3.8) is 0 Å². The number of amides is 1. The van der Waals surface area contributed by atoms with E-state index in [9.17, 15) is 9.90 Å². The maximum Gasteiger partial charge on any atom is 0.254 e. The van der Waals surface area contributed by atoms with E-state index in [0.717, 1.165) is 42.5 Å². The summed E-state index contributed by atoms with van der Waals surface area (Å²) in [4.78, 5) is 17.4. The fraction of sp³-hybridized carbons (Fsp3) is 0.458. The number of aliphatic hydroxyl groups is 1. The molecule has 0 spiro atoms. The molecule has 0 aromatic heterocycles. The van der Waals surface area contributed by atoms with Gasteiger partial charge in [0, 0.05) is 43.9 Å². The molecule has 148 valence electrons. The Labute approximate surface area is 167 Å². The molecule has 1 saturated heterocycles. The molecule has 1 amide bonds. The third-order valence-corrected chi connectivity index (χ3v) is 6.64. The molecule has 1 saturated carbocycles. The van der Waals surface area contributed by atoms with Crippen LogP contribution in [0.25, 0.3) is 0 Å². The Morgan fingerprint density at radius 1 is 1.04 bits per heavy atom. The Kier molecular flexibility index (Phi) is 5.15. The molecule has 1 aliphatic carbocycles. The average Bonchev–Trinajstić information content (AvgIpc) is 2.74. The van der Waals surface area contributed by atoms with Crippen LogP contribution in [-0.4, -0.2) is 42.6 Å². The Balaban J connectivity index is 1.61. The predicted octanol–water partition coefficient (Wildman–Crippen LogP) is 4.05. The van der Waals surface area contributed by atoms with Crippen molar-refractivity contribution in [2.45, 2.75) is 43.7 Å². The van der Waals surface area contributed by atoms with Gasteiger partial charge in [-0.2, -0.15) is 0 Å². The van der Waals surface area contributed by atoms with Crippen LogP contribution in [0.2, 0.25) is 0 Å². The summed E-state index contributed by atoms with van der Waals surface area (Å²) in [5.74, 6) is 0.194. The van der Waals surface area contributed by atoms with Crippen molar-refractivity contribution in [3.05, 3.63) is 65.7 Å². The summed E-state index contributed by atoms with van der Waals surface area (Å²) in [6.45, 7) is 0.598. The topological polar surface area (TPSA) is 43.8 Å². The van der Waals surface area contributed by atoms with Crippen LogP contribution >= 0.6 is 0 Å². The monoisotopic (exact) mass is 378 g/mol. The number of likely N-dealkylation sites (tertiary alicyclic amines) is 1. The third-order valence-electron chi connectivity index (χ3n) is 6.64. The minimum atomic E-state index is -0.835. The lowest BCUT2D eigenvalue weighted by atomic mass is 9.66. The number of carbonyl (C=O) groups is 1. The van der Waals surface area contributed by atoms with Crippen molar-refractivity contribution in [2.75, 3.05) is 25.5 Å². The van der Waals surface area contributed by atoms with Gasteiger partial charge in [0.1, 0.15) is 0 Å². The molecule has 2 fully saturated rings. The zero-order chi connectivity index (χ0) is 19.7. The van der Waals surface area contributed by atoms with Crippen LogP contribution in [0.4, 0.5) is 5.69 Å². The number of hydrogen-bond donors (Lipinski definition) is 1. The quantitative estimate of drug-likeness (QED) is 0.876. The third kappa shape index (κ3) is 3.30. The van der Waals surface area contributed by atoms with Gasteiger partial charge in [-0.15, -0.1) is 0 Å². The molecule has 1 unspecified atom stereocenters. The zero-order valence-electron chi connectivity index (χ0n) is 16.8. The summed E-state index contributed by atoms with van der Waals surface area (Å²) in [5.41, 5.74) is 1.98. The molecule has 2 aromatic carbocycles. The maximum atomic E-state index is 13.3. The van der Waals surface area contributed by atoms with E-state index in [1.54, 1.807) is 0 Å². The van der Waals surface area contributed by atoms with Crippen LogP contribution in [0.1, 0.15) is 48.0 Å². The van der Waals surface area contributed by atoms with Crippen molar-refractivity contribution in [1.82, 2.24) is 4.90 Å². The number of carbonyl (C=O) groups excluding carboxylic acids is 1. The molecule has 28 heavy (non-hydrogen) atoms. The molecular weight excluding hydrogens is 348 g/mol. The van der Waals surface area contributed by atoms with Gasteiger partial charge in [-0.1, -0.05) is 43.2 Å². The highest BCUT2D eigenvalue weighted by Crippen LogP contribution is 2.47. The van der Waals surface area contributed by atoms with Crippen LogP contribution in [0.3, 0.4) is 0 Å². The van der Waals surface area contributed by atoms with Crippen molar-refractivity contribution in [2.24, 2.45) is 5.92 Å². The van der Waals surface area contributed by atoms with E-state index in [4.69, 9.17) is 0 Å². The zero-order valence-corrected chi connectivity index (χ0v) is 16.8. The van der Waals surface area contributed by atoms with Crippen LogP contribution in [-0.2, 0) is 5.60 Å². The Morgan fingerprint density at radius 2 is 1.71 bits per heavy atom. The Hall–Kier alpha value is -2.33. The van der Waals surface area contributed by atoms with Gasteiger partial charge < -0.3 is 14.9 Å². The number of rotatable bonds is 3. The number of piperidine rings is 1. The molecule has 1 aliphatic heterocycles. The molecule has 3 atom stereocenters. The second kappa shape index (κ2) is 7.59. The first-order chi connectivity index (χ1) is 13.5. The fourth-order valence-corrected chi connectivity index (χ4v) is 5.09. The van der Waals surface area contributed by atoms with Gasteiger partial charge in [-0.3, -0.25) is 4.79 Å². The highest BCUT2D eigenvalue weighted by Gasteiger charge is 2.50. The SMILES string of the molecule is CN(C)c1ccc(C(=O)N2CC[C@@](O)(c3ccccc3)[C@H]3CCCCC32)cc1. The van der Waals surface area contributed by atoms with E-state index in [1.807, 2.05) is 78.5 Å². The van der Waals surface area contributed by atoms with E-state index in [-0.39, 0.29) is 17.9 Å². The number of fused-ring (bicyclic) bond motifs is 1. The molecular formula is C24H30N2O2. The normalized spacial score (nSPS) is 27.2. The minimum absolute atomic E-state index is 0.0947. The molecule has 4 nitrogen and oxygen atoms in total. The fourth-order valence-electron chi connectivity index (χ4n) is 5.09. The van der Waals surface area contributed by atoms with Gasteiger partial charge in [0.05, 0.1) is 5.60 Å². The van der Waals surface area contributed by atoms with Crippen LogP contribution in [0.15, 0.2) is 54.6 Å². The Morgan fingerprint density at radius 3 is 2.39 bits per heavy atom. The molecule has 1 heterocycles.